The molecule has 3 rings (SSSR count). The van der Waals surface area contributed by atoms with Crippen molar-refractivity contribution >= 4 is 52.2 Å². The minimum atomic E-state index is -0.643. The quantitative estimate of drug-likeness (QED) is 0.271. The van der Waals surface area contributed by atoms with Crippen LogP contribution in [0.15, 0.2) is 42.1 Å². The summed E-state index contributed by atoms with van der Waals surface area (Å²) in [4.78, 5) is 38.6. The van der Waals surface area contributed by atoms with Crippen molar-refractivity contribution in [2.45, 2.75) is 27.2 Å². The number of imide groups is 1. The van der Waals surface area contributed by atoms with Crippen LogP contribution in [0.4, 0.5) is 10.5 Å². The second-order valence-corrected chi connectivity index (χ2v) is 8.30. The Morgan fingerprint density at radius 1 is 1.12 bits per heavy atom. The molecule has 0 radical (unpaired) electrons. The highest BCUT2D eigenvalue weighted by Crippen LogP contribution is 2.35. The van der Waals surface area contributed by atoms with E-state index < -0.39 is 17.8 Å². The van der Waals surface area contributed by atoms with Crippen LogP contribution in [0, 0.1) is 3.57 Å². The molecule has 8 nitrogen and oxygen atoms in total. The fraction of sp³-hybridized carbons (Fsp3) is 0.292. The van der Waals surface area contributed by atoms with Crippen molar-refractivity contribution in [2.75, 3.05) is 25.1 Å². The average Bonchev–Trinajstić information content (AvgIpc) is 3.04. The van der Waals surface area contributed by atoms with E-state index in [0.29, 0.717) is 36.0 Å². The number of benzene rings is 2. The molecule has 1 saturated heterocycles. The molecule has 0 atom stereocenters. The molecule has 2 aromatic carbocycles. The van der Waals surface area contributed by atoms with Gasteiger partial charge in [0.1, 0.15) is 12.2 Å². The number of ether oxygens (including phenoxy) is 2. The largest absolute Gasteiger partial charge is 0.490 e. The number of para-hydroxylation sites is 1. The first kappa shape index (κ1) is 24.6. The number of urea groups is 1. The molecule has 174 valence electrons. The van der Waals surface area contributed by atoms with E-state index in [9.17, 15) is 14.4 Å². The lowest BCUT2D eigenvalue weighted by Gasteiger charge is -2.14. The summed E-state index contributed by atoms with van der Waals surface area (Å²) in [5, 5.41) is 5.33. The van der Waals surface area contributed by atoms with Crippen LogP contribution in [0.3, 0.4) is 0 Å². The van der Waals surface area contributed by atoms with Crippen LogP contribution in [0.2, 0.25) is 0 Å². The Labute approximate surface area is 206 Å². The Balaban J connectivity index is 1.77. The van der Waals surface area contributed by atoms with Crippen LogP contribution in [-0.2, 0) is 16.0 Å². The van der Waals surface area contributed by atoms with Gasteiger partial charge < -0.3 is 20.1 Å². The number of carbonyl (C=O) groups excluding carboxylic acids is 3. The first-order valence-corrected chi connectivity index (χ1v) is 11.8. The number of halogens is 1. The van der Waals surface area contributed by atoms with E-state index in [4.69, 9.17) is 9.47 Å². The van der Waals surface area contributed by atoms with Crippen LogP contribution in [-0.4, -0.2) is 42.5 Å². The van der Waals surface area contributed by atoms with Crippen molar-refractivity contribution in [3.05, 3.63) is 56.8 Å². The van der Waals surface area contributed by atoms with Crippen molar-refractivity contribution in [2.24, 2.45) is 0 Å². The molecule has 1 aliphatic heterocycles. The summed E-state index contributed by atoms with van der Waals surface area (Å²) in [7, 11) is 0. The first-order chi connectivity index (χ1) is 15.9. The van der Waals surface area contributed by atoms with E-state index in [0.717, 1.165) is 20.5 Å². The zero-order chi connectivity index (χ0) is 24.0. The molecule has 33 heavy (non-hydrogen) atoms. The van der Waals surface area contributed by atoms with Crippen LogP contribution >= 0.6 is 22.6 Å². The van der Waals surface area contributed by atoms with Crippen molar-refractivity contribution in [3.63, 3.8) is 0 Å². The molecule has 0 spiro atoms. The van der Waals surface area contributed by atoms with Crippen molar-refractivity contribution in [1.29, 1.82) is 0 Å². The van der Waals surface area contributed by atoms with Crippen molar-refractivity contribution in [3.8, 4) is 11.5 Å². The minimum absolute atomic E-state index is 0.0872. The fourth-order valence-corrected chi connectivity index (χ4v) is 4.17. The molecule has 1 aliphatic rings. The lowest BCUT2D eigenvalue weighted by Crippen LogP contribution is -2.38. The third kappa shape index (κ3) is 5.84. The van der Waals surface area contributed by atoms with E-state index in [-0.39, 0.29) is 12.2 Å². The van der Waals surface area contributed by atoms with Crippen LogP contribution in [0.25, 0.3) is 6.08 Å². The highest BCUT2D eigenvalue weighted by atomic mass is 127. The van der Waals surface area contributed by atoms with Crippen LogP contribution in [0.1, 0.15) is 31.9 Å². The number of nitrogens with zero attached hydrogens (tertiary/aromatic N) is 1. The summed E-state index contributed by atoms with van der Waals surface area (Å²) in [5.74, 6) is 0.172. The summed E-state index contributed by atoms with van der Waals surface area (Å²) < 4.78 is 12.2. The van der Waals surface area contributed by atoms with Gasteiger partial charge in [-0.05, 0) is 78.3 Å². The highest BCUT2D eigenvalue weighted by molar-refractivity contribution is 14.1. The molecule has 0 bridgehead atoms. The molecule has 4 amide bonds. The minimum Gasteiger partial charge on any atom is -0.490 e. The number of amides is 4. The Kier molecular flexibility index (Phi) is 8.32. The maximum atomic E-state index is 12.8. The molecule has 0 unspecified atom stereocenters. The third-order valence-electron chi connectivity index (χ3n) is 4.87. The molecule has 1 fully saturated rings. The highest BCUT2D eigenvalue weighted by Gasteiger charge is 2.35. The smallest absolute Gasteiger partial charge is 0.329 e. The molecule has 0 aromatic heterocycles. The molecule has 2 aromatic rings. The standard InChI is InChI=1S/C24H26IN3O5/c1-4-16-9-7-8-10-18(16)26-21(29)14-28-23(30)19(27-24(28)31)12-15-11-17(25)22(33-6-3)20(13-15)32-5-2/h7-13H,4-6,14H2,1-3H3,(H,26,29)(H,27,31)/b19-12+. The van der Waals surface area contributed by atoms with Crippen molar-refractivity contribution < 1.29 is 23.9 Å². The Bertz CT molecular complexity index is 1100. The fourth-order valence-electron chi connectivity index (χ4n) is 3.38. The normalized spacial score (nSPS) is 14.4. The summed E-state index contributed by atoms with van der Waals surface area (Å²) in [6.07, 6.45) is 2.31. The Hall–Kier alpha value is -3.08. The molecule has 2 N–H and O–H groups in total. The van der Waals surface area contributed by atoms with E-state index >= 15 is 0 Å². The second-order valence-electron chi connectivity index (χ2n) is 7.13. The molecular formula is C24H26IN3O5. The first-order valence-electron chi connectivity index (χ1n) is 10.7. The van der Waals surface area contributed by atoms with Gasteiger partial charge in [-0.3, -0.25) is 9.59 Å². The van der Waals surface area contributed by atoms with Gasteiger partial charge in [0.2, 0.25) is 5.91 Å². The maximum absolute atomic E-state index is 12.8. The van der Waals surface area contributed by atoms with Gasteiger partial charge in [0.15, 0.2) is 11.5 Å². The number of rotatable bonds is 9. The van der Waals surface area contributed by atoms with Gasteiger partial charge in [-0.15, -0.1) is 0 Å². The van der Waals surface area contributed by atoms with Gasteiger partial charge in [-0.1, -0.05) is 25.1 Å². The average molecular weight is 563 g/mol. The summed E-state index contributed by atoms with van der Waals surface area (Å²) >= 11 is 2.14. The molecule has 0 aliphatic carbocycles. The van der Waals surface area contributed by atoms with E-state index in [1.807, 2.05) is 45.0 Å². The summed E-state index contributed by atoms with van der Waals surface area (Å²) in [6.45, 7) is 6.31. The summed E-state index contributed by atoms with van der Waals surface area (Å²) in [6, 6.07) is 10.4. The van der Waals surface area contributed by atoms with Crippen LogP contribution < -0.4 is 20.1 Å². The lowest BCUT2D eigenvalue weighted by molar-refractivity contribution is -0.127. The zero-order valence-corrected chi connectivity index (χ0v) is 20.9. The van der Waals surface area contributed by atoms with Crippen LogP contribution in [0.5, 0.6) is 11.5 Å². The summed E-state index contributed by atoms with van der Waals surface area (Å²) in [5.41, 5.74) is 2.39. The molecule has 9 heteroatoms. The number of hydrogen-bond donors (Lipinski definition) is 2. The van der Waals surface area contributed by atoms with Gasteiger partial charge in [0.05, 0.1) is 16.8 Å². The second kappa shape index (κ2) is 11.2. The molecular weight excluding hydrogens is 537 g/mol. The van der Waals surface area contributed by atoms with Gasteiger partial charge in [0, 0.05) is 5.69 Å². The number of carbonyl (C=O) groups is 3. The monoisotopic (exact) mass is 563 g/mol. The number of nitrogens with one attached hydrogen (secondary N) is 2. The van der Waals surface area contributed by atoms with Gasteiger partial charge in [0.25, 0.3) is 5.91 Å². The maximum Gasteiger partial charge on any atom is 0.329 e. The van der Waals surface area contributed by atoms with E-state index in [2.05, 4.69) is 33.2 Å². The predicted octanol–water partition coefficient (Wildman–Crippen LogP) is 4.18. The van der Waals surface area contributed by atoms with Crippen molar-refractivity contribution in [1.82, 2.24) is 10.2 Å². The van der Waals surface area contributed by atoms with E-state index in [1.165, 1.54) is 0 Å². The third-order valence-corrected chi connectivity index (χ3v) is 5.67. The zero-order valence-electron chi connectivity index (χ0n) is 18.7. The SMILES string of the molecule is CCOc1cc(/C=C2/NC(=O)N(CC(=O)Nc3ccccc3CC)C2=O)cc(I)c1OCC. The number of hydrogen-bond acceptors (Lipinski definition) is 5. The van der Waals surface area contributed by atoms with Gasteiger partial charge in [-0.2, -0.15) is 0 Å². The Morgan fingerprint density at radius 3 is 2.55 bits per heavy atom. The molecule has 1 heterocycles. The van der Waals surface area contributed by atoms with E-state index in [1.54, 1.807) is 18.2 Å². The number of aryl methyl sites for hydroxylation is 1. The Morgan fingerprint density at radius 2 is 1.85 bits per heavy atom. The van der Waals surface area contributed by atoms with Gasteiger partial charge >= 0.3 is 6.03 Å². The predicted molar refractivity (Wildman–Crippen MR) is 134 cm³/mol. The topological polar surface area (TPSA) is 97.0 Å². The molecule has 0 saturated carbocycles. The number of anilines is 1. The lowest BCUT2D eigenvalue weighted by atomic mass is 10.1. The van der Waals surface area contributed by atoms with Gasteiger partial charge in [-0.25, -0.2) is 9.69 Å².